The maximum absolute atomic E-state index is 11.7. The monoisotopic (exact) mass is 268 g/mol. The predicted molar refractivity (Wildman–Crippen MR) is 74.6 cm³/mol. The van der Waals surface area contributed by atoms with Crippen molar-refractivity contribution in [3.05, 3.63) is 54.6 Å². The van der Waals surface area contributed by atoms with E-state index in [2.05, 4.69) is 10.3 Å². The molecule has 5 nitrogen and oxygen atoms in total. The molecule has 0 aliphatic rings. The highest BCUT2D eigenvalue weighted by Crippen LogP contribution is 2.19. The molecule has 20 heavy (non-hydrogen) atoms. The quantitative estimate of drug-likeness (QED) is 0.790. The van der Waals surface area contributed by atoms with Crippen LogP contribution in [0.15, 0.2) is 59.0 Å². The Morgan fingerprint density at radius 2 is 1.85 bits per heavy atom. The third-order valence-electron chi connectivity index (χ3n) is 2.66. The molecule has 5 heteroatoms. The van der Waals surface area contributed by atoms with Gasteiger partial charge in [0.15, 0.2) is 12.2 Å². The van der Waals surface area contributed by atoms with E-state index in [-0.39, 0.29) is 18.6 Å². The number of fused-ring (bicyclic) bond motifs is 1. The van der Waals surface area contributed by atoms with Gasteiger partial charge in [-0.25, -0.2) is 0 Å². The Morgan fingerprint density at radius 1 is 1.10 bits per heavy atom. The molecule has 1 heterocycles. The van der Waals surface area contributed by atoms with Crippen LogP contribution in [0.1, 0.15) is 0 Å². The first-order chi connectivity index (χ1) is 9.81. The fourth-order valence-corrected chi connectivity index (χ4v) is 1.76. The maximum Gasteiger partial charge on any atom is 0.395 e. The number of nitrogens with zero attached hydrogens (tertiary/aromatic N) is 1. The van der Waals surface area contributed by atoms with E-state index in [1.54, 1.807) is 18.2 Å². The van der Waals surface area contributed by atoms with Crippen molar-refractivity contribution < 1.29 is 13.9 Å². The number of oxazole rings is 1. The van der Waals surface area contributed by atoms with Crippen LogP contribution in [0.25, 0.3) is 11.1 Å². The number of aromatic nitrogens is 1. The van der Waals surface area contributed by atoms with E-state index in [0.29, 0.717) is 11.1 Å². The van der Waals surface area contributed by atoms with Crippen molar-refractivity contribution in [3.63, 3.8) is 0 Å². The minimum absolute atomic E-state index is 0.0920. The van der Waals surface area contributed by atoms with Crippen LogP contribution in [-0.4, -0.2) is 17.5 Å². The van der Waals surface area contributed by atoms with Gasteiger partial charge in [-0.05, 0) is 24.3 Å². The molecule has 1 amide bonds. The summed E-state index contributed by atoms with van der Waals surface area (Å²) in [6.07, 6.45) is 0.0920. The summed E-state index contributed by atoms with van der Waals surface area (Å²) in [7, 11) is 0. The zero-order chi connectivity index (χ0) is 13.8. The Morgan fingerprint density at radius 3 is 2.65 bits per heavy atom. The minimum atomic E-state index is -0.265. The van der Waals surface area contributed by atoms with Gasteiger partial charge in [-0.3, -0.25) is 4.79 Å². The Hall–Kier alpha value is -2.82. The summed E-state index contributed by atoms with van der Waals surface area (Å²) in [5.41, 5.74) is 2.05. The molecule has 100 valence electrons. The van der Waals surface area contributed by atoms with E-state index in [9.17, 15) is 4.79 Å². The Kier molecular flexibility index (Phi) is 3.33. The number of hydrogen-bond donors (Lipinski definition) is 1. The van der Waals surface area contributed by atoms with Gasteiger partial charge < -0.3 is 14.5 Å². The van der Waals surface area contributed by atoms with Gasteiger partial charge in [-0.1, -0.05) is 30.3 Å². The number of rotatable bonds is 4. The van der Waals surface area contributed by atoms with Gasteiger partial charge in [0, 0.05) is 5.69 Å². The van der Waals surface area contributed by atoms with Gasteiger partial charge in [0.05, 0.1) is 0 Å². The van der Waals surface area contributed by atoms with Crippen LogP contribution in [0.3, 0.4) is 0 Å². The van der Waals surface area contributed by atoms with Crippen LogP contribution >= 0.6 is 0 Å². The molecular weight excluding hydrogens is 256 g/mol. The number of ether oxygens (including phenoxy) is 1. The van der Waals surface area contributed by atoms with Gasteiger partial charge >= 0.3 is 6.08 Å². The van der Waals surface area contributed by atoms with Crippen molar-refractivity contribution >= 4 is 22.7 Å². The van der Waals surface area contributed by atoms with Crippen LogP contribution in [0.2, 0.25) is 0 Å². The lowest BCUT2D eigenvalue weighted by Crippen LogP contribution is -2.20. The van der Waals surface area contributed by atoms with E-state index >= 15 is 0 Å². The van der Waals surface area contributed by atoms with E-state index in [1.807, 2.05) is 36.4 Å². The number of carbonyl (C=O) groups is 1. The van der Waals surface area contributed by atoms with Gasteiger partial charge in [0.25, 0.3) is 5.91 Å². The maximum atomic E-state index is 11.7. The molecule has 0 radical (unpaired) electrons. The second kappa shape index (κ2) is 5.44. The lowest BCUT2D eigenvalue weighted by Gasteiger charge is -2.04. The largest absolute Gasteiger partial charge is 0.440 e. The number of carbonyl (C=O) groups excluding carboxylic acids is 1. The standard InChI is InChI=1S/C15H12N2O3/c18-14(16-11-6-2-1-3-7-11)10-19-15-17-12-8-4-5-9-13(12)20-15/h1-9H,10H2,(H,16,18). The third kappa shape index (κ3) is 2.77. The van der Waals surface area contributed by atoms with E-state index in [0.717, 1.165) is 5.69 Å². The number of benzene rings is 2. The first kappa shape index (κ1) is 12.2. The lowest BCUT2D eigenvalue weighted by molar-refractivity contribution is -0.118. The van der Waals surface area contributed by atoms with Gasteiger partial charge in [-0.15, -0.1) is 0 Å². The molecule has 0 saturated carbocycles. The van der Waals surface area contributed by atoms with E-state index in [1.165, 1.54) is 0 Å². The van der Waals surface area contributed by atoms with Gasteiger partial charge in [0.2, 0.25) is 0 Å². The average molecular weight is 268 g/mol. The molecule has 0 bridgehead atoms. The molecule has 0 spiro atoms. The molecule has 0 saturated heterocycles. The van der Waals surface area contributed by atoms with Gasteiger partial charge in [0.1, 0.15) is 5.52 Å². The smallest absolute Gasteiger partial charge is 0.395 e. The molecule has 1 aromatic heterocycles. The zero-order valence-electron chi connectivity index (χ0n) is 10.6. The summed E-state index contributed by atoms with van der Waals surface area (Å²) in [4.78, 5) is 15.8. The molecule has 3 aromatic rings. The van der Waals surface area contributed by atoms with Crippen LogP contribution in [0, 0.1) is 0 Å². The Balaban J connectivity index is 1.60. The first-order valence-electron chi connectivity index (χ1n) is 6.14. The van der Waals surface area contributed by atoms with Crippen LogP contribution in [0.4, 0.5) is 5.69 Å². The fraction of sp³-hybridized carbons (Fsp3) is 0.0667. The van der Waals surface area contributed by atoms with Crippen molar-refractivity contribution in [2.24, 2.45) is 0 Å². The van der Waals surface area contributed by atoms with Crippen molar-refractivity contribution in [2.45, 2.75) is 0 Å². The lowest BCUT2D eigenvalue weighted by atomic mass is 10.3. The van der Waals surface area contributed by atoms with Crippen LogP contribution in [-0.2, 0) is 4.79 Å². The number of anilines is 1. The number of nitrogens with one attached hydrogen (secondary N) is 1. The summed E-state index contributed by atoms with van der Waals surface area (Å²) in [6.45, 7) is -0.151. The second-order valence-electron chi connectivity index (χ2n) is 4.15. The van der Waals surface area contributed by atoms with Crippen LogP contribution < -0.4 is 10.1 Å². The summed E-state index contributed by atoms with van der Waals surface area (Å²) >= 11 is 0. The summed E-state index contributed by atoms with van der Waals surface area (Å²) in [5.74, 6) is -0.265. The molecule has 0 aliphatic carbocycles. The van der Waals surface area contributed by atoms with E-state index in [4.69, 9.17) is 9.15 Å². The molecule has 2 aromatic carbocycles. The SMILES string of the molecule is O=C(COc1nc2ccccc2o1)Nc1ccccc1. The summed E-state index contributed by atoms with van der Waals surface area (Å²) in [5, 5.41) is 2.71. The fourth-order valence-electron chi connectivity index (χ4n) is 1.76. The van der Waals surface area contributed by atoms with Crippen molar-refractivity contribution in [3.8, 4) is 6.08 Å². The topological polar surface area (TPSA) is 64.4 Å². The predicted octanol–water partition coefficient (Wildman–Crippen LogP) is 2.85. The van der Waals surface area contributed by atoms with Crippen molar-refractivity contribution in [1.29, 1.82) is 0 Å². The highest BCUT2D eigenvalue weighted by molar-refractivity contribution is 5.91. The number of para-hydroxylation sites is 3. The van der Waals surface area contributed by atoms with Gasteiger partial charge in [-0.2, -0.15) is 4.98 Å². The zero-order valence-corrected chi connectivity index (χ0v) is 10.6. The van der Waals surface area contributed by atoms with E-state index < -0.39 is 0 Å². The Labute approximate surface area is 115 Å². The average Bonchev–Trinajstić information content (AvgIpc) is 2.89. The van der Waals surface area contributed by atoms with Crippen molar-refractivity contribution in [2.75, 3.05) is 11.9 Å². The number of hydrogen-bond acceptors (Lipinski definition) is 4. The van der Waals surface area contributed by atoms with Crippen molar-refractivity contribution in [1.82, 2.24) is 4.98 Å². The molecule has 0 unspecified atom stereocenters. The molecule has 0 atom stereocenters. The highest BCUT2D eigenvalue weighted by Gasteiger charge is 2.09. The molecular formula is C15H12N2O3. The molecule has 0 aliphatic heterocycles. The van der Waals surface area contributed by atoms with Crippen LogP contribution in [0.5, 0.6) is 6.08 Å². The summed E-state index contributed by atoms with van der Waals surface area (Å²) in [6, 6.07) is 16.5. The third-order valence-corrected chi connectivity index (χ3v) is 2.66. The molecule has 3 rings (SSSR count). The first-order valence-corrected chi connectivity index (χ1v) is 6.14. The number of amides is 1. The minimum Gasteiger partial charge on any atom is -0.440 e. The second-order valence-corrected chi connectivity index (χ2v) is 4.15. The normalized spacial score (nSPS) is 10.4. The summed E-state index contributed by atoms with van der Waals surface area (Å²) < 4.78 is 10.6. The highest BCUT2D eigenvalue weighted by atomic mass is 16.6. The molecule has 0 fully saturated rings. The molecule has 1 N–H and O–H groups in total. The Bertz CT molecular complexity index is 689.